The van der Waals surface area contributed by atoms with Gasteiger partial charge in [-0.2, -0.15) is 4.31 Å². The van der Waals surface area contributed by atoms with Crippen molar-refractivity contribution in [1.29, 1.82) is 5.41 Å². The van der Waals surface area contributed by atoms with Crippen molar-refractivity contribution in [2.24, 2.45) is 0 Å². The van der Waals surface area contributed by atoms with Crippen molar-refractivity contribution >= 4 is 27.5 Å². The molecule has 0 unspecified atom stereocenters. The number of hydrogen-bond donors (Lipinski definition) is 2. The number of ether oxygens (including phenoxy) is 2. The van der Waals surface area contributed by atoms with Crippen molar-refractivity contribution in [2.75, 3.05) is 26.8 Å². The van der Waals surface area contributed by atoms with Crippen molar-refractivity contribution in [1.82, 2.24) is 4.31 Å². The van der Waals surface area contributed by atoms with Gasteiger partial charge in [0, 0.05) is 18.8 Å². The predicted molar refractivity (Wildman–Crippen MR) is 114 cm³/mol. The van der Waals surface area contributed by atoms with Crippen LogP contribution in [0, 0.1) is 5.41 Å². The molecular formula is C21H28N2O7S. The zero-order valence-corrected chi connectivity index (χ0v) is 18.8. The van der Waals surface area contributed by atoms with Crippen LogP contribution in [-0.2, 0) is 19.6 Å². The Hall–Kier alpha value is -2.72. The number of carbonyl (C=O) groups excluding carboxylic acids is 2. The van der Waals surface area contributed by atoms with Crippen molar-refractivity contribution in [2.45, 2.75) is 44.4 Å². The first kappa shape index (κ1) is 24.5. The number of ketones is 1. The molecule has 1 aromatic carbocycles. The highest BCUT2D eigenvalue weighted by atomic mass is 32.2. The molecule has 2 rings (SSSR count). The zero-order chi connectivity index (χ0) is 23.2. The van der Waals surface area contributed by atoms with Crippen LogP contribution in [0.1, 0.15) is 49.9 Å². The number of nitrogens with zero attached hydrogens (tertiary/aromatic N) is 1. The summed E-state index contributed by atoms with van der Waals surface area (Å²) in [7, 11) is -2.46. The van der Waals surface area contributed by atoms with E-state index < -0.39 is 34.1 Å². The summed E-state index contributed by atoms with van der Waals surface area (Å²) in [5, 5.41) is 17.6. The minimum atomic E-state index is -3.80. The van der Waals surface area contributed by atoms with Gasteiger partial charge in [-0.05, 0) is 44.9 Å². The number of hydrogen-bond acceptors (Lipinski definition) is 8. The molecule has 1 aliphatic heterocycles. The lowest BCUT2D eigenvalue weighted by molar-refractivity contribution is -0.113. The largest absolute Gasteiger partial charge is 0.508 e. The lowest BCUT2D eigenvalue weighted by atomic mass is 10.1. The molecule has 1 aromatic rings. The van der Waals surface area contributed by atoms with Gasteiger partial charge in [0.25, 0.3) is 0 Å². The standard InChI is InChI=1S/C21H28N2O7S/c1-14(22)20(15(2)24)18(25)13-30-21(26)17-12-16(8-9-19(17)29-3)31(27,28)23-10-6-4-5-7-11-23/h8-9,12,22,25H,4-7,10-11,13H2,1-3H3/b20-18-,22-14?. The van der Waals surface area contributed by atoms with E-state index in [9.17, 15) is 23.1 Å². The first-order valence-corrected chi connectivity index (χ1v) is 11.4. The Labute approximate surface area is 182 Å². The minimum absolute atomic E-state index is 0.0540. The summed E-state index contributed by atoms with van der Waals surface area (Å²) < 4.78 is 37.7. The molecule has 9 nitrogen and oxygen atoms in total. The van der Waals surface area contributed by atoms with Gasteiger partial charge < -0.3 is 20.0 Å². The van der Waals surface area contributed by atoms with E-state index in [0.717, 1.165) is 25.7 Å². The number of rotatable bonds is 8. The van der Waals surface area contributed by atoms with Crippen LogP contribution in [0.2, 0.25) is 0 Å². The van der Waals surface area contributed by atoms with Gasteiger partial charge >= 0.3 is 5.97 Å². The third-order valence-electron chi connectivity index (χ3n) is 4.95. The molecule has 2 N–H and O–H groups in total. The Balaban J connectivity index is 2.31. The highest BCUT2D eigenvalue weighted by Crippen LogP contribution is 2.27. The van der Waals surface area contributed by atoms with Crippen LogP contribution in [0.5, 0.6) is 5.75 Å². The van der Waals surface area contributed by atoms with Gasteiger partial charge in [-0.3, -0.25) is 4.79 Å². The first-order valence-electron chi connectivity index (χ1n) is 9.93. The van der Waals surface area contributed by atoms with Gasteiger partial charge in [0.05, 0.1) is 17.6 Å². The van der Waals surface area contributed by atoms with Gasteiger partial charge in [0.2, 0.25) is 10.0 Å². The normalized spacial score (nSPS) is 16.1. The topological polar surface area (TPSA) is 134 Å². The molecule has 0 bridgehead atoms. The third-order valence-corrected chi connectivity index (χ3v) is 6.84. The number of methoxy groups -OCH3 is 1. The van der Waals surface area contributed by atoms with E-state index in [-0.39, 0.29) is 27.5 Å². The highest BCUT2D eigenvalue weighted by molar-refractivity contribution is 7.89. The van der Waals surface area contributed by atoms with Gasteiger partial charge in [0.1, 0.15) is 23.7 Å². The lowest BCUT2D eigenvalue weighted by Crippen LogP contribution is -2.32. The highest BCUT2D eigenvalue weighted by Gasteiger charge is 2.27. The van der Waals surface area contributed by atoms with E-state index in [1.807, 2.05) is 0 Å². The molecule has 0 amide bonds. The summed E-state index contributed by atoms with van der Waals surface area (Å²) in [6.45, 7) is 2.71. The van der Waals surface area contributed by atoms with Gasteiger partial charge in [-0.15, -0.1) is 0 Å². The third kappa shape index (κ3) is 5.92. The average molecular weight is 453 g/mol. The van der Waals surface area contributed by atoms with E-state index in [1.54, 1.807) is 0 Å². The van der Waals surface area contributed by atoms with Crippen molar-refractivity contribution in [3.05, 3.63) is 35.1 Å². The maximum atomic E-state index is 13.0. The minimum Gasteiger partial charge on any atom is -0.508 e. The van der Waals surface area contributed by atoms with Gasteiger partial charge in [-0.25, -0.2) is 13.2 Å². The van der Waals surface area contributed by atoms with E-state index in [4.69, 9.17) is 14.9 Å². The summed E-state index contributed by atoms with van der Waals surface area (Å²) in [6, 6.07) is 3.94. The number of sulfonamides is 1. The number of Topliss-reactive ketones (excluding diaryl/α,β-unsaturated/α-hetero) is 1. The Bertz CT molecular complexity index is 975. The molecule has 0 aliphatic carbocycles. The Morgan fingerprint density at radius 1 is 1.13 bits per heavy atom. The molecule has 0 radical (unpaired) electrons. The fourth-order valence-electron chi connectivity index (χ4n) is 3.41. The summed E-state index contributed by atoms with van der Waals surface area (Å²) in [6.07, 6.45) is 3.50. The van der Waals surface area contributed by atoms with Crippen LogP contribution in [0.4, 0.5) is 0 Å². The molecular weight excluding hydrogens is 424 g/mol. The van der Waals surface area contributed by atoms with Crippen LogP contribution in [0.15, 0.2) is 34.4 Å². The molecule has 0 atom stereocenters. The van der Waals surface area contributed by atoms with Crippen LogP contribution in [0.25, 0.3) is 0 Å². The van der Waals surface area contributed by atoms with Gasteiger partial charge in [-0.1, -0.05) is 12.8 Å². The summed E-state index contributed by atoms with van der Waals surface area (Å²) in [5.41, 5.74) is -0.524. The second-order valence-corrected chi connectivity index (χ2v) is 9.20. The number of carbonyl (C=O) groups is 2. The second-order valence-electron chi connectivity index (χ2n) is 7.26. The fourth-order valence-corrected chi connectivity index (χ4v) is 4.95. The van der Waals surface area contributed by atoms with E-state index >= 15 is 0 Å². The first-order chi connectivity index (χ1) is 14.6. The maximum Gasteiger partial charge on any atom is 0.342 e. The molecule has 170 valence electrons. The summed E-state index contributed by atoms with van der Waals surface area (Å²) in [4.78, 5) is 24.1. The predicted octanol–water partition coefficient (Wildman–Crippen LogP) is 2.86. The molecule has 0 aromatic heterocycles. The summed E-state index contributed by atoms with van der Waals surface area (Å²) in [5.74, 6) is -1.91. The molecule has 0 saturated carbocycles. The Morgan fingerprint density at radius 2 is 1.74 bits per heavy atom. The molecule has 10 heteroatoms. The van der Waals surface area contributed by atoms with Crippen LogP contribution < -0.4 is 4.74 Å². The smallest absolute Gasteiger partial charge is 0.342 e. The molecule has 1 heterocycles. The van der Waals surface area contributed by atoms with Crippen LogP contribution in [-0.4, -0.2) is 62.1 Å². The van der Waals surface area contributed by atoms with Crippen molar-refractivity contribution in [3.63, 3.8) is 0 Å². The zero-order valence-electron chi connectivity index (χ0n) is 17.9. The number of allylic oxidation sites excluding steroid dienone is 1. The molecule has 0 spiro atoms. The Morgan fingerprint density at radius 3 is 2.26 bits per heavy atom. The number of benzene rings is 1. The average Bonchev–Trinajstić information content (AvgIpc) is 3.01. The van der Waals surface area contributed by atoms with Crippen LogP contribution in [0.3, 0.4) is 0 Å². The number of aliphatic hydroxyl groups excluding tert-OH is 1. The molecule has 1 aliphatic rings. The van der Waals surface area contributed by atoms with Crippen molar-refractivity contribution < 1.29 is 32.6 Å². The fraction of sp³-hybridized carbons (Fsp3) is 0.476. The van der Waals surface area contributed by atoms with E-state index in [1.165, 1.54) is 43.5 Å². The van der Waals surface area contributed by atoms with E-state index in [2.05, 4.69) is 0 Å². The monoisotopic (exact) mass is 452 g/mol. The molecule has 1 saturated heterocycles. The number of esters is 1. The molecule has 1 fully saturated rings. The second kappa shape index (κ2) is 10.5. The van der Waals surface area contributed by atoms with Gasteiger partial charge in [0.15, 0.2) is 5.78 Å². The number of nitrogens with one attached hydrogen (secondary N) is 1. The number of aliphatic hydroxyl groups is 1. The lowest BCUT2D eigenvalue weighted by Gasteiger charge is -2.20. The maximum absolute atomic E-state index is 13.0. The SMILES string of the molecule is COc1ccc(S(=O)(=O)N2CCCCCC2)cc1C(=O)OC/C(O)=C(\C(C)=N)C(C)=O. The molecule has 31 heavy (non-hydrogen) atoms. The van der Waals surface area contributed by atoms with Crippen LogP contribution >= 0.6 is 0 Å². The summed E-state index contributed by atoms with van der Waals surface area (Å²) >= 11 is 0. The quantitative estimate of drug-likeness (QED) is 0.268. The Kier molecular flexibility index (Phi) is 8.35. The van der Waals surface area contributed by atoms with Crippen molar-refractivity contribution in [3.8, 4) is 5.75 Å². The van der Waals surface area contributed by atoms with E-state index in [0.29, 0.717) is 13.1 Å².